The summed E-state index contributed by atoms with van der Waals surface area (Å²) in [7, 11) is 0. The summed E-state index contributed by atoms with van der Waals surface area (Å²) in [6.07, 6.45) is 5.08. The van der Waals surface area contributed by atoms with Crippen molar-refractivity contribution in [3.63, 3.8) is 0 Å². The van der Waals surface area contributed by atoms with E-state index in [1.807, 2.05) is 0 Å². The highest BCUT2D eigenvalue weighted by molar-refractivity contribution is 5.35. The second-order valence-corrected chi connectivity index (χ2v) is 6.49. The Labute approximate surface area is 132 Å². The van der Waals surface area contributed by atoms with Gasteiger partial charge in [-0.1, -0.05) is 0 Å². The van der Waals surface area contributed by atoms with Gasteiger partial charge < -0.3 is 10.1 Å². The van der Waals surface area contributed by atoms with E-state index in [-0.39, 0.29) is 0 Å². The Balaban J connectivity index is 1.44. The summed E-state index contributed by atoms with van der Waals surface area (Å²) in [5, 5.41) is 3.43. The molecule has 2 aliphatic heterocycles. The maximum absolute atomic E-state index is 5.43. The summed E-state index contributed by atoms with van der Waals surface area (Å²) in [4.78, 5) is 8.71. The first-order chi connectivity index (χ1) is 10.7. The van der Waals surface area contributed by atoms with Gasteiger partial charge >= 0.3 is 0 Å². The molecule has 3 rings (SSSR count). The zero-order valence-electron chi connectivity index (χ0n) is 13.5. The van der Waals surface area contributed by atoms with Gasteiger partial charge in [-0.2, -0.15) is 0 Å². The number of hydrogen-bond donors (Lipinski definition) is 3. The lowest BCUT2D eigenvalue weighted by Gasteiger charge is -2.17. The molecule has 0 aromatic carbocycles. The van der Waals surface area contributed by atoms with E-state index in [2.05, 4.69) is 46.1 Å². The lowest BCUT2D eigenvalue weighted by molar-refractivity contribution is 0.193. The number of rotatable bonds is 6. The van der Waals surface area contributed by atoms with Crippen LogP contribution < -0.4 is 16.2 Å². The van der Waals surface area contributed by atoms with Crippen molar-refractivity contribution in [2.24, 2.45) is 5.92 Å². The monoisotopic (exact) mass is 305 g/mol. The van der Waals surface area contributed by atoms with E-state index in [9.17, 15) is 0 Å². The molecule has 122 valence electrons. The van der Waals surface area contributed by atoms with Gasteiger partial charge in [-0.15, -0.1) is 0 Å². The standard InChI is InChI=1S/C16H27N5O/c1-11-14(12(2)21-20-11)4-3-6-17-16-8-15(18-10-19-16)13-5-7-22-9-13/h8,10-14,20-21H,3-7,9H2,1-2H3,(H,17,18,19). The third-order valence-electron chi connectivity index (χ3n) is 4.88. The lowest BCUT2D eigenvalue weighted by atomic mass is 9.92. The van der Waals surface area contributed by atoms with Crippen LogP contribution in [0.5, 0.6) is 0 Å². The predicted molar refractivity (Wildman–Crippen MR) is 86.6 cm³/mol. The van der Waals surface area contributed by atoms with Crippen LogP contribution in [0.15, 0.2) is 12.4 Å². The molecule has 3 N–H and O–H groups in total. The van der Waals surface area contributed by atoms with Crippen LogP contribution in [0.25, 0.3) is 0 Å². The first-order valence-corrected chi connectivity index (χ1v) is 8.38. The molecule has 3 heterocycles. The Kier molecular flexibility index (Phi) is 5.23. The van der Waals surface area contributed by atoms with Crippen LogP contribution in [0, 0.1) is 5.92 Å². The fourth-order valence-electron chi connectivity index (χ4n) is 3.42. The SMILES string of the molecule is CC1NNC(C)C1CCCNc1cc(C2CCOC2)ncn1. The fourth-order valence-corrected chi connectivity index (χ4v) is 3.42. The quantitative estimate of drug-likeness (QED) is 0.695. The summed E-state index contributed by atoms with van der Waals surface area (Å²) in [6, 6.07) is 3.16. The summed E-state index contributed by atoms with van der Waals surface area (Å²) in [5.41, 5.74) is 7.73. The normalized spacial score (nSPS) is 31.5. The number of anilines is 1. The minimum atomic E-state index is 0.431. The van der Waals surface area contributed by atoms with Gasteiger partial charge in [-0.25, -0.2) is 9.97 Å². The molecule has 1 aromatic rings. The van der Waals surface area contributed by atoms with E-state index in [1.54, 1.807) is 6.33 Å². The van der Waals surface area contributed by atoms with Crippen molar-refractivity contribution in [1.29, 1.82) is 0 Å². The summed E-state index contributed by atoms with van der Waals surface area (Å²) in [6.45, 7) is 7.07. The smallest absolute Gasteiger partial charge is 0.129 e. The fraction of sp³-hybridized carbons (Fsp3) is 0.750. The molecule has 3 unspecified atom stereocenters. The van der Waals surface area contributed by atoms with Crippen LogP contribution in [-0.2, 0) is 4.74 Å². The predicted octanol–water partition coefficient (Wildman–Crippen LogP) is 1.67. The van der Waals surface area contributed by atoms with E-state index in [0.717, 1.165) is 44.1 Å². The van der Waals surface area contributed by atoms with Crippen LogP contribution in [-0.4, -0.2) is 41.8 Å². The van der Waals surface area contributed by atoms with Gasteiger partial charge in [0.05, 0.1) is 12.3 Å². The molecular formula is C16H27N5O. The van der Waals surface area contributed by atoms with Crippen LogP contribution in [0.3, 0.4) is 0 Å². The first-order valence-electron chi connectivity index (χ1n) is 8.38. The van der Waals surface area contributed by atoms with Gasteiger partial charge in [0.15, 0.2) is 0 Å². The molecule has 3 atom stereocenters. The lowest BCUT2D eigenvalue weighted by Crippen LogP contribution is -2.30. The number of nitrogens with zero attached hydrogens (tertiary/aromatic N) is 2. The van der Waals surface area contributed by atoms with E-state index in [1.165, 1.54) is 6.42 Å². The highest BCUT2D eigenvalue weighted by Gasteiger charge is 2.28. The average molecular weight is 305 g/mol. The molecule has 2 aliphatic rings. The number of ether oxygens (including phenoxy) is 1. The Hall–Kier alpha value is -1.24. The van der Waals surface area contributed by atoms with E-state index in [0.29, 0.717) is 23.9 Å². The van der Waals surface area contributed by atoms with Crippen molar-refractivity contribution in [1.82, 2.24) is 20.8 Å². The number of hydrazine groups is 1. The number of hydrogen-bond acceptors (Lipinski definition) is 6. The Bertz CT molecular complexity index is 467. The summed E-state index contributed by atoms with van der Waals surface area (Å²) < 4.78 is 5.43. The minimum Gasteiger partial charge on any atom is -0.381 e. The van der Waals surface area contributed by atoms with Gasteiger partial charge in [0.2, 0.25) is 0 Å². The maximum atomic E-state index is 5.43. The second-order valence-electron chi connectivity index (χ2n) is 6.49. The zero-order valence-corrected chi connectivity index (χ0v) is 13.5. The average Bonchev–Trinajstić information content (AvgIpc) is 3.16. The molecule has 2 saturated heterocycles. The highest BCUT2D eigenvalue weighted by atomic mass is 16.5. The molecule has 0 aliphatic carbocycles. The van der Waals surface area contributed by atoms with Gasteiger partial charge in [-0.05, 0) is 39.0 Å². The van der Waals surface area contributed by atoms with Crippen LogP contribution in [0.2, 0.25) is 0 Å². The molecule has 22 heavy (non-hydrogen) atoms. The van der Waals surface area contributed by atoms with Crippen LogP contribution in [0.1, 0.15) is 44.7 Å². The highest BCUT2D eigenvalue weighted by Crippen LogP contribution is 2.24. The van der Waals surface area contributed by atoms with Gasteiger partial charge in [0.1, 0.15) is 12.1 Å². The number of nitrogens with one attached hydrogen (secondary N) is 3. The zero-order chi connectivity index (χ0) is 15.4. The molecule has 0 bridgehead atoms. The van der Waals surface area contributed by atoms with Crippen molar-refractivity contribution in [2.45, 2.75) is 51.1 Å². The van der Waals surface area contributed by atoms with E-state index >= 15 is 0 Å². The largest absolute Gasteiger partial charge is 0.381 e. The van der Waals surface area contributed by atoms with Crippen molar-refractivity contribution in [2.75, 3.05) is 25.1 Å². The van der Waals surface area contributed by atoms with Crippen molar-refractivity contribution in [3.8, 4) is 0 Å². The van der Waals surface area contributed by atoms with Crippen molar-refractivity contribution < 1.29 is 4.74 Å². The van der Waals surface area contributed by atoms with Gasteiger partial charge in [-0.3, -0.25) is 10.9 Å². The van der Waals surface area contributed by atoms with Crippen LogP contribution in [0.4, 0.5) is 5.82 Å². The maximum Gasteiger partial charge on any atom is 0.129 e. The van der Waals surface area contributed by atoms with E-state index < -0.39 is 0 Å². The molecule has 0 spiro atoms. The van der Waals surface area contributed by atoms with Gasteiger partial charge in [0, 0.05) is 37.2 Å². The number of aromatic nitrogens is 2. The van der Waals surface area contributed by atoms with Crippen molar-refractivity contribution >= 4 is 5.82 Å². The minimum absolute atomic E-state index is 0.431. The summed E-state index contributed by atoms with van der Waals surface area (Å²) >= 11 is 0. The van der Waals surface area contributed by atoms with Gasteiger partial charge in [0.25, 0.3) is 0 Å². The second kappa shape index (κ2) is 7.35. The third kappa shape index (κ3) is 3.74. The molecule has 2 fully saturated rings. The Morgan fingerprint density at radius 1 is 1.27 bits per heavy atom. The third-order valence-corrected chi connectivity index (χ3v) is 4.88. The topological polar surface area (TPSA) is 71.1 Å². The van der Waals surface area contributed by atoms with Crippen LogP contribution >= 0.6 is 0 Å². The molecule has 1 aromatic heterocycles. The van der Waals surface area contributed by atoms with Crippen molar-refractivity contribution in [3.05, 3.63) is 18.1 Å². The molecule has 6 heteroatoms. The Morgan fingerprint density at radius 2 is 2.09 bits per heavy atom. The molecule has 0 saturated carbocycles. The first kappa shape index (κ1) is 15.6. The van der Waals surface area contributed by atoms with E-state index in [4.69, 9.17) is 4.74 Å². The molecule has 6 nitrogen and oxygen atoms in total. The molecule has 0 radical (unpaired) electrons. The Morgan fingerprint density at radius 3 is 2.82 bits per heavy atom. The summed E-state index contributed by atoms with van der Waals surface area (Å²) in [5.74, 6) is 2.06. The molecule has 0 amide bonds. The molecular weight excluding hydrogens is 278 g/mol.